The molecule has 3 nitrogen and oxygen atoms in total. The molecule has 3 heteroatoms. The standard InChI is InChI=1S/C30H32O3/c1-4-11-30(33)13-10-26-24-8-6-21-15-22(32)9-12-29(21)16-20-14-19(18(2)31)5-7-23(20)25(27(24)29)17-28(26,30)3/h5,7,14-15,25-26,33H,6,8-10,12-13,16-17H2,1-3H3/t25?,26-,28-,29+,30-/m0/s1. The molecule has 0 aromatic heterocycles. The van der Waals surface area contributed by atoms with Crippen molar-refractivity contribution in [2.75, 3.05) is 0 Å². The Kier molecular flexibility index (Phi) is 4.35. The maximum Gasteiger partial charge on any atom is 0.159 e. The van der Waals surface area contributed by atoms with Gasteiger partial charge >= 0.3 is 0 Å². The van der Waals surface area contributed by atoms with Crippen LogP contribution >= 0.6 is 0 Å². The summed E-state index contributed by atoms with van der Waals surface area (Å²) < 4.78 is 0. The molecule has 1 aromatic rings. The van der Waals surface area contributed by atoms with Gasteiger partial charge in [-0.2, -0.15) is 0 Å². The van der Waals surface area contributed by atoms with Crippen LogP contribution in [-0.4, -0.2) is 22.3 Å². The van der Waals surface area contributed by atoms with Crippen molar-refractivity contribution in [3.05, 3.63) is 57.7 Å². The lowest BCUT2D eigenvalue weighted by Gasteiger charge is -2.58. The quantitative estimate of drug-likeness (QED) is 0.358. The third kappa shape index (κ3) is 2.62. The van der Waals surface area contributed by atoms with Crippen LogP contribution in [0.2, 0.25) is 0 Å². The molecule has 0 heterocycles. The molecule has 1 saturated carbocycles. The Hall–Kier alpha value is -2.44. The summed E-state index contributed by atoms with van der Waals surface area (Å²) in [7, 11) is 0. The van der Waals surface area contributed by atoms with Gasteiger partial charge in [-0.3, -0.25) is 9.59 Å². The second kappa shape index (κ2) is 6.80. The molecule has 5 atom stereocenters. The highest BCUT2D eigenvalue weighted by atomic mass is 16.3. The summed E-state index contributed by atoms with van der Waals surface area (Å²) in [5.41, 5.74) is 6.41. The number of fused-ring (bicyclic) bond motifs is 4. The predicted molar refractivity (Wildman–Crippen MR) is 128 cm³/mol. The third-order valence-electron chi connectivity index (χ3n) is 9.93. The summed E-state index contributed by atoms with van der Waals surface area (Å²) in [5.74, 6) is 7.16. The van der Waals surface area contributed by atoms with Crippen LogP contribution in [-0.2, 0) is 11.2 Å². The summed E-state index contributed by atoms with van der Waals surface area (Å²) in [5, 5.41) is 11.8. The largest absolute Gasteiger partial charge is 0.377 e. The van der Waals surface area contributed by atoms with Crippen molar-refractivity contribution >= 4 is 11.6 Å². The number of hydrogen-bond acceptors (Lipinski definition) is 3. The lowest BCUT2D eigenvalue weighted by atomic mass is 9.45. The van der Waals surface area contributed by atoms with Crippen molar-refractivity contribution < 1.29 is 14.7 Å². The van der Waals surface area contributed by atoms with E-state index in [9.17, 15) is 14.7 Å². The van der Waals surface area contributed by atoms with Crippen LogP contribution in [0.15, 0.2) is 41.0 Å². The second-order valence-corrected chi connectivity index (χ2v) is 11.3. The van der Waals surface area contributed by atoms with E-state index in [1.165, 1.54) is 16.7 Å². The molecular weight excluding hydrogens is 408 g/mol. The Bertz CT molecular complexity index is 1240. The van der Waals surface area contributed by atoms with Crippen molar-refractivity contribution in [1.29, 1.82) is 0 Å². The maximum atomic E-state index is 12.4. The first kappa shape index (κ1) is 21.1. The van der Waals surface area contributed by atoms with Crippen LogP contribution in [0.3, 0.4) is 0 Å². The molecule has 170 valence electrons. The van der Waals surface area contributed by atoms with Gasteiger partial charge in [0.25, 0.3) is 0 Å². The van der Waals surface area contributed by atoms with E-state index in [1.807, 2.05) is 19.1 Å². The fourth-order valence-corrected chi connectivity index (χ4v) is 8.41. The van der Waals surface area contributed by atoms with E-state index in [0.717, 1.165) is 50.5 Å². The van der Waals surface area contributed by atoms with E-state index < -0.39 is 5.60 Å². The number of rotatable bonds is 1. The van der Waals surface area contributed by atoms with Crippen molar-refractivity contribution in [3.63, 3.8) is 0 Å². The minimum absolute atomic E-state index is 0.0902. The molecule has 1 N–H and O–H groups in total. The normalized spacial score (nSPS) is 38.3. The van der Waals surface area contributed by atoms with Crippen molar-refractivity contribution in [3.8, 4) is 11.8 Å². The maximum absolute atomic E-state index is 12.4. The topological polar surface area (TPSA) is 54.4 Å². The Morgan fingerprint density at radius 1 is 1.18 bits per heavy atom. The second-order valence-electron chi connectivity index (χ2n) is 11.3. The van der Waals surface area contributed by atoms with Crippen LogP contribution in [0, 0.1) is 28.6 Å². The number of ketones is 2. The number of aliphatic hydroxyl groups is 1. The highest BCUT2D eigenvalue weighted by Gasteiger charge is 2.64. The molecule has 1 spiro atoms. The average Bonchev–Trinajstić information content (AvgIpc) is 3.04. The van der Waals surface area contributed by atoms with Gasteiger partial charge in [-0.15, -0.1) is 5.92 Å². The predicted octanol–water partition coefficient (Wildman–Crippen LogP) is 5.47. The zero-order valence-electron chi connectivity index (χ0n) is 19.9. The molecule has 1 unspecified atom stereocenters. The Morgan fingerprint density at radius 3 is 2.76 bits per heavy atom. The molecule has 1 fully saturated rings. The van der Waals surface area contributed by atoms with Crippen molar-refractivity contribution in [2.45, 2.75) is 83.7 Å². The van der Waals surface area contributed by atoms with Gasteiger partial charge in [-0.1, -0.05) is 41.7 Å². The molecule has 33 heavy (non-hydrogen) atoms. The lowest BCUT2D eigenvalue weighted by Crippen LogP contribution is -2.52. The van der Waals surface area contributed by atoms with Gasteiger partial charge in [-0.05, 0) is 88.0 Å². The van der Waals surface area contributed by atoms with E-state index in [0.29, 0.717) is 12.3 Å². The van der Waals surface area contributed by atoms with Crippen LogP contribution in [0.1, 0.15) is 93.1 Å². The van der Waals surface area contributed by atoms with E-state index in [-0.39, 0.29) is 28.3 Å². The number of carbonyl (C=O) groups is 2. The van der Waals surface area contributed by atoms with Crippen LogP contribution in [0.25, 0.3) is 0 Å². The van der Waals surface area contributed by atoms with Crippen molar-refractivity contribution in [1.82, 2.24) is 0 Å². The third-order valence-corrected chi connectivity index (χ3v) is 9.93. The summed E-state index contributed by atoms with van der Waals surface area (Å²) >= 11 is 0. The molecular formula is C30H32O3. The monoisotopic (exact) mass is 440 g/mol. The molecule has 0 bridgehead atoms. The molecule has 0 radical (unpaired) electrons. The number of carbonyl (C=O) groups excluding carboxylic acids is 2. The van der Waals surface area contributed by atoms with Gasteiger partial charge in [0, 0.05) is 28.7 Å². The first-order chi connectivity index (χ1) is 15.7. The molecule has 6 rings (SSSR count). The first-order valence-corrected chi connectivity index (χ1v) is 12.5. The minimum atomic E-state index is -0.965. The first-order valence-electron chi connectivity index (χ1n) is 12.5. The highest BCUT2D eigenvalue weighted by Crippen LogP contribution is 2.70. The lowest BCUT2D eigenvalue weighted by molar-refractivity contribution is -0.115. The van der Waals surface area contributed by atoms with Gasteiger partial charge in [0.05, 0.1) is 0 Å². The Morgan fingerprint density at radius 2 is 2.00 bits per heavy atom. The molecule has 5 aliphatic rings. The van der Waals surface area contributed by atoms with Crippen LogP contribution in [0.5, 0.6) is 0 Å². The smallest absolute Gasteiger partial charge is 0.159 e. The number of hydrogen-bond donors (Lipinski definition) is 1. The van der Waals surface area contributed by atoms with Gasteiger partial charge in [0.1, 0.15) is 5.60 Å². The van der Waals surface area contributed by atoms with Crippen LogP contribution < -0.4 is 0 Å². The summed E-state index contributed by atoms with van der Waals surface area (Å²) in [4.78, 5) is 24.6. The Labute approximate surface area is 196 Å². The van der Waals surface area contributed by atoms with E-state index >= 15 is 0 Å². The van der Waals surface area contributed by atoms with Gasteiger partial charge in [0.2, 0.25) is 0 Å². The van der Waals surface area contributed by atoms with Crippen molar-refractivity contribution in [2.24, 2.45) is 16.7 Å². The SMILES string of the molecule is CC#C[C@]1(O)CC[C@H]2C3=C4C(C[C@@]21C)c1ccc(C(C)=O)cc1C[C@@]41CCC(=O)C=C1CC3. The van der Waals surface area contributed by atoms with Crippen LogP contribution in [0.4, 0.5) is 0 Å². The van der Waals surface area contributed by atoms with Gasteiger partial charge in [0.15, 0.2) is 11.6 Å². The number of Topliss-reactive ketones (excluding diaryl/α,β-unsaturated/α-hetero) is 1. The van der Waals surface area contributed by atoms with E-state index in [1.54, 1.807) is 18.1 Å². The van der Waals surface area contributed by atoms with E-state index in [4.69, 9.17) is 0 Å². The minimum Gasteiger partial charge on any atom is -0.377 e. The average molecular weight is 441 g/mol. The fraction of sp³-hybridized carbons (Fsp3) is 0.533. The van der Waals surface area contributed by atoms with Gasteiger partial charge < -0.3 is 5.11 Å². The molecule has 0 saturated heterocycles. The van der Waals surface area contributed by atoms with Gasteiger partial charge in [-0.25, -0.2) is 0 Å². The molecule has 5 aliphatic carbocycles. The zero-order chi connectivity index (χ0) is 23.2. The Balaban J connectivity index is 1.62. The molecule has 0 aliphatic heterocycles. The molecule has 0 amide bonds. The highest BCUT2D eigenvalue weighted by molar-refractivity contribution is 5.94. The summed E-state index contributed by atoms with van der Waals surface area (Å²) in [6.45, 7) is 5.72. The van der Waals surface area contributed by atoms with E-state index in [2.05, 4.69) is 30.9 Å². The fourth-order valence-electron chi connectivity index (χ4n) is 8.41. The summed E-state index contributed by atoms with van der Waals surface area (Å²) in [6.07, 6.45) is 8.82. The number of allylic oxidation sites excluding steroid dienone is 4. The zero-order valence-corrected chi connectivity index (χ0v) is 19.9. The summed E-state index contributed by atoms with van der Waals surface area (Å²) in [6, 6.07) is 6.25. The number of benzene rings is 1. The molecule has 1 aromatic carbocycles.